The number of rotatable bonds is 5. The number of ether oxygens (including phenoxy) is 1. The zero-order valence-electron chi connectivity index (χ0n) is 10.5. The summed E-state index contributed by atoms with van der Waals surface area (Å²) in [5, 5.41) is 13.4. The van der Waals surface area contributed by atoms with Crippen molar-refractivity contribution in [3.63, 3.8) is 0 Å². The second-order valence-corrected chi connectivity index (χ2v) is 4.22. The molecule has 0 amide bonds. The van der Waals surface area contributed by atoms with Crippen molar-refractivity contribution in [3.8, 4) is 5.75 Å². The molecule has 0 saturated heterocycles. The molecule has 0 aromatic heterocycles. The molecule has 1 aliphatic rings. The van der Waals surface area contributed by atoms with Crippen molar-refractivity contribution in [2.45, 2.75) is 19.3 Å². The molecule has 1 unspecified atom stereocenters. The van der Waals surface area contributed by atoms with E-state index in [2.05, 4.69) is 5.32 Å². The fourth-order valence-corrected chi connectivity index (χ4v) is 2.22. The summed E-state index contributed by atoms with van der Waals surface area (Å²) in [5.41, 5.74) is 1.99. The van der Waals surface area contributed by atoms with Gasteiger partial charge in [-0.3, -0.25) is 10.1 Å². The molecule has 2 rings (SSSR count). The molecule has 19 heavy (non-hydrogen) atoms. The van der Waals surface area contributed by atoms with Crippen molar-refractivity contribution in [2.75, 3.05) is 18.5 Å². The van der Waals surface area contributed by atoms with Crippen LogP contribution in [-0.2, 0) is 4.79 Å². The molecule has 6 nitrogen and oxygen atoms in total. The maximum atomic E-state index is 10.9. The van der Waals surface area contributed by atoms with Gasteiger partial charge in [0.15, 0.2) is 0 Å². The maximum absolute atomic E-state index is 10.9. The molecule has 1 aromatic rings. The van der Waals surface area contributed by atoms with Crippen LogP contribution in [0.4, 0.5) is 5.69 Å². The minimum atomic E-state index is -0.382. The summed E-state index contributed by atoms with van der Waals surface area (Å²) in [6.45, 7) is 2.24. The fraction of sp³-hybridized carbons (Fsp3) is 0.385. The molecule has 0 bridgehead atoms. The summed E-state index contributed by atoms with van der Waals surface area (Å²) in [7, 11) is 0. The van der Waals surface area contributed by atoms with Gasteiger partial charge in [-0.05, 0) is 30.7 Å². The zero-order valence-corrected chi connectivity index (χ0v) is 10.5. The molecule has 0 aliphatic carbocycles. The number of allylic oxidation sites excluding steroid dienone is 1. The van der Waals surface area contributed by atoms with Crippen LogP contribution in [0.1, 0.15) is 24.8 Å². The largest absolute Gasteiger partial charge is 0.494 e. The number of hydrogen-bond acceptors (Lipinski definition) is 5. The molecule has 0 spiro atoms. The van der Waals surface area contributed by atoms with Gasteiger partial charge in [-0.15, -0.1) is 0 Å². The van der Waals surface area contributed by atoms with Crippen LogP contribution in [0.25, 0.3) is 0 Å². The molecule has 1 heterocycles. The van der Waals surface area contributed by atoms with Crippen molar-refractivity contribution in [1.29, 1.82) is 0 Å². The van der Waals surface area contributed by atoms with E-state index in [4.69, 9.17) is 4.74 Å². The lowest BCUT2D eigenvalue weighted by Crippen LogP contribution is -2.08. The Balaban J connectivity index is 2.30. The summed E-state index contributed by atoms with van der Waals surface area (Å²) in [5.74, 6) is 2.22. The van der Waals surface area contributed by atoms with Gasteiger partial charge in [0, 0.05) is 22.9 Å². The SMILES string of the molecule is CCOc1ccc2c(c1)C(CC[N+](=O)[O-])C(=C=O)N2. The molecule has 1 aromatic carbocycles. The highest BCUT2D eigenvalue weighted by Crippen LogP contribution is 2.41. The predicted octanol–water partition coefficient (Wildman–Crippen LogP) is 1.98. The molecule has 0 saturated carbocycles. The molecule has 1 atom stereocenters. The molecule has 0 fully saturated rings. The first-order valence-corrected chi connectivity index (χ1v) is 6.06. The molecular formula is C13H14N2O4. The molecule has 0 radical (unpaired) electrons. The lowest BCUT2D eigenvalue weighted by molar-refractivity contribution is -0.480. The minimum absolute atomic E-state index is 0.185. The van der Waals surface area contributed by atoms with Crippen LogP contribution in [0.2, 0.25) is 0 Å². The monoisotopic (exact) mass is 262 g/mol. The quantitative estimate of drug-likeness (QED) is 0.498. The molecule has 1 N–H and O–H groups in total. The Kier molecular flexibility index (Phi) is 3.82. The summed E-state index contributed by atoms with van der Waals surface area (Å²) < 4.78 is 5.40. The maximum Gasteiger partial charge on any atom is 0.204 e. The van der Waals surface area contributed by atoms with Gasteiger partial charge in [0.2, 0.25) is 6.54 Å². The van der Waals surface area contributed by atoms with Crippen LogP contribution in [0, 0.1) is 10.1 Å². The number of anilines is 1. The van der Waals surface area contributed by atoms with Crippen LogP contribution in [0.15, 0.2) is 23.9 Å². The Hall–Kier alpha value is -2.33. The molecule has 1 aliphatic heterocycles. The highest BCUT2D eigenvalue weighted by Gasteiger charge is 2.29. The average Bonchev–Trinajstić information content (AvgIpc) is 2.74. The van der Waals surface area contributed by atoms with E-state index in [1.165, 1.54) is 0 Å². The lowest BCUT2D eigenvalue weighted by atomic mass is 9.95. The van der Waals surface area contributed by atoms with E-state index in [0.29, 0.717) is 18.1 Å². The lowest BCUT2D eigenvalue weighted by Gasteiger charge is -2.09. The van der Waals surface area contributed by atoms with E-state index in [9.17, 15) is 14.9 Å². The third-order valence-electron chi connectivity index (χ3n) is 3.04. The number of carbonyl (C=O) groups excluding carboxylic acids is 1. The van der Waals surface area contributed by atoms with Gasteiger partial charge in [0.05, 0.1) is 6.61 Å². The topological polar surface area (TPSA) is 81.5 Å². The molecule has 6 heteroatoms. The fourth-order valence-electron chi connectivity index (χ4n) is 2.22. The van der Waals surface area contributed by atoms with Gasteiger partial charge >= 0.3 is 0 Å². The Morgan fingerprint density at radius 2 is 2.32 bits per heavy atom. The Labute approximate surface area is 110 Å². The van der Waals surface area contributed by atoms with Gasteiger partial charge in [-0.25, -0.2) is 4.79 Å². The van der Waals surface area contributed by atoms with Crippen LogP contribution in [-0.4, -0.2) is 24.0 Å². The third kappa shape index (κ3) is 2.74. The smallest absolute Gasteiger partial charge is 0.204 e. The van der Waals surface area contributed by atoms with Crippen LogP contribution < -0.4 is 10.1 Å². The number of fused-ring (bicyclic) bond motifs is 1. The van der Waals surface area contributed by atoms with Gasteiger partial charge in [-0.2, -0.15) is 0 Å². The summed E-state index contributed by atoms with van der Waals surface area (Å²) in [6.07, 6.45) is 0.271. The highest BCUT2D eigenvalue weighted by molar-refractivity contribution is 5.74. The Morgan fingerprint density at radius 3 is 2.95 bits per heavy atom. The van der Waals surface area contributed by atoms with Crippen molar-refractivity contribution in [2.24, 2.45) is 0 Å². The average molecular weight is 262 g/mol. The summed E-state index contributed by atoms with van der Waals surface area (Å²) in [4.78, 5) is 21.0. The van der Waals surface area contributed by atoms with E-state index in [1.807, 2.05) is 25.0 Å². The Bertz CT molecular complexity index is 550. The van der Waals surface area contributed by atoms with Crippen molar-refractivity contribution >= 4 is 11.6 Å². The number of nitrogens with zero attached hydrogens (tertiary/aromatic N) is 1. The summed E-state index contributed by atoms with van der Waals surface area (Å²) in [6, 6.07) is 5.43. The first-order chi connectivity index (χ1) is 9.15. The number of nitrogens with one attached hydrogen (secondary N) is 1. The minimum Gasteiger partial charge on any atom is -0.494 e. The first-order valence-electron chi connectivity index (χ1n) is 6.06. The van der Waals surface area contributed by atoms with E-state index < -0.39 is 0 Å². The van der Waals surface area contributed by atoms with E-state index in [1.54, 1.807) is 6.07 Å². The van der Waals surface area contributed by atoms with E-state index in [0.717, 1.165) is 11.3 Å². The normalized spacial score (nSPS) is 16.5. The van der Waals surface area contributed by atoms with Crippen molar-refractivity contribution < 1.29 is 14.5 Å². The third-order valence-corrected chi connectivity index (χ3v) is 3.04. The van der Waals surface area contributed by atoms with Crippen molar-refractivity contribution in [1.82, 2.24) is 0 Å². The Morgan fingerprint density at radius 1 is 1.53 bits per heavy atom. The second kappa shape index (κ2) is 5.54. The van der Waals surface area contributed by atoms with Gasteiger partial charge in [0.1, 0.15) is 17.4 Å². The van der Waals surface area contributed by atoms with Gasteiger partial charge < -0.3 is 10.1 Å². The van der Waals surface area contributed by atoms with E-state index >= 15 is 0 Å². The van der Waals surface area contributed by atoms with Crippen LogP contribution >= 0.6 is 0 Å². The zero-order chi connectivity index (χ0) is 13.8. The highest BCUT2D eigenvalue weighted by atomic mass is 16.6. The summed E-state index contributed by atoms with van der Waals surface area (Å²) >= 11 is 0. The van der Waals surface area contributed by atoms with Gasteiger partial charge in [-0.1, -0.05) is 0 Å². The van der Waals surface area contributed by atoms with Crippen LogP contribution in [0.5, 0.6) is 5.75 Å². The van der Waals surface area contributed by atoms with Crippen molar-refractivity contribution in [3.05, 3.63) is 39.6 Å². The van der Waals surface area contributed by atoms with E-state index in [-0.39, 0.29) is 23.8 Å². The molecular weight excluding hydrogens is 248 g/mol. The molecule has 100 valence electrons. The predicted molar refractivity (Wildman–Crippen MR) is 69.7 cm³/mol. The first kappa shape index (κ1) is 13.1. The van der Waals surface area contributed by atoms with Gasteiger partial charge in [0.25, 0.3) is 0 Å². The number of nitro groups is 1. The number of benzene rings is 1. The second-order valence-electron chi connectivity index (χ2n) is 4.22. The number of hydrogen-bond donors (Lipinski definition) is 1. The van der Waals surface area contributed by atoms with Crippen LogP contribution in [0.3, 0.4) is 0 Å². The standard InChI is InChI=1S/C13H14N2O4/c1-2-19-9-3-4-12-11(7-9)10(5-6-15(17)18)13(8-16)14-12/h3-4,7,10,14H,2,5-6H2,1H3.